The Morgan fingerprint density at radius 1 is 0.828 bits per heavy atom. The highest BCUT2D eigenvalue weighted by atomic mass is 35.5. The number of furan rings is 1. The summed E-state index contributed by atoms with van der Waals surface area (Å²) in [6.45, 7) is 10.1. The van der Waals surface area contributed by atoms with Gasteiger partial charge in [0.2, 0.25) is 0 Å². The third-order valence-electron chi connectivity index (χ3n) is 5.81. The van der Waals surface area contributed by atoms with Crippen LogP contribution < -0.4 is 9.80 Å². The molecule has 0 atom stereocenters. The van der Waals surface area contributed by atoms with E-state index in [0.717, 1.165) is 59.9 Å². The van der Waals surface area contributed by atoms with E-state index in [4.69, 9.17) is 9.40 Å². The molecule has 0 saturated carbocycles. The van der Waals surface area contributed by atoms with E-state index in [9.17, 15) is 0 Å². The maximum atomic E-state index is 6.16. The second-order valence-electron chi connectivity index (χ2n) is 7.56. The highest BCUT2D eigenvalue weighted by Gasteiger charge is 2.24. The highest BCUT2D eigenvalue weighted by Crippen LogP contribution is 2.33. The molecule has 0 N–H and O–H groups in total. The number of aromatic nitrogens is 2. The SMILES string of the molecule is Cc1nc(N2CCN(c3cccc(C)c3C)CC2)c2oc3ccccc3c2n1.Cl. The summed E-state index contributed by atoms with van der Waals surface area (Å²) in [6.07, 6.45) is 0. The van der Waals surface area contributed by atoms with Gasteiger partial charge in [0.15, 0.2) is 11.4 Å². The zero-order valence-electron chi connectivity index (χ0n) is 17.0. The molecular formula is C23H25ClN4O. The molecule has 4 aromatic rings. The van der Waals surface area contributed by atoms with Crippen molar-refractivity contribution >= 4 is 46.0 Å². The molecule has 0 bridgehead atoms. The average Bonchev–Trinajstić information content (AvgIpc) is 3.08. The van der Waals surface area contributed by atoms with Crippen molar-refractivity contribution in [1.29, 1.82) is 0 Å². The van der Waals surface area contributed by atoms with Crippen molar-refractivity contribution in [3.63, 3.8) is 0 Å². The lowest BCUT2D eigenvalue weighted by Crippen LogP contribution is -2.47. The molecule has 150 valence electrons. The van der Waals surface area contributed by atoms with Crippen molar-refractivity contribution in [2.45, 2.75) is 20.8 Å². The fraction of sp³-hybridized carbons (Fsp3) is 0.304. The van der Waals surface area contributed by atoms with Crippen LogP contribution >= 0.6 is 12.4 Å². The lowest BCUT2D eigenvalue weighted by atomic mass is 10.1. The van der Waals surface area contributed by atoms with Gasteiger partial charge in [0.1, 0.15) is 16.9 Å². The van der Waals surface area contributed by atoms with Crippen LogP contribution in [0.4, 0.5) is 11.5 Å². The zero-order chi connectivity index (χ0) is 19.3. The molecule has 1 fully saturated rings. The number of fused-ring (bicyclic) bond motifs is 3. The van der Waals surface area contributed by atoms with Crippen LogP contribution in [0.3, 0.4) is 0 Å². The van der Waals surface area contributed by atoms with E-state index >= 15 is 0 Å². The first-order chi connectivity index (χ1) is 13.6. The van der Waals surface area contributed by atoms with E-state index in [0.29, 0.717) is 0 Å². The Hall–Kier alpha value is -2.79. The molecule has 3 heterocycles. The second-order valence-corrected chi connectivity index (χ2v) is 7.56. The molecule has 0 unspecified atom stereocenters. The molecule has 0 amide bonds. The van der Waals surface area contributed by atoms with Crippen LogP contribution in [-0.2, 0) is 0 Å². The summed E-state index contributed by atoms with van der Waals surface area (Å²) in [6, 6.07) is 14.6. The monoisotopic (exact) mass is 408 g/mol. The average molecular weight is 409 g/mol. The predicted molar refractivity (Wildman–Crippen MR) is 122 cm³/mol. The van der Waals surface area contributed by atoms with Crippen LogP contribution in [0.1, 0.15) is 17.0 Å². The fourth-order valence-corrected chi connectivity index (χ4v) is 4.14. The lowest BCUT2D eigenvalue weighted by molar-refractivity contribution is 0.627. The van der Waals surface area contributed by atoms with E-state index in [1.165, 1.54) is 16.8 Å². The Labute approximate surface area is 176 Å². The molecular weight excluding hydrogens is 384 g/mol. The number of anilines is 2. The first-order valence-electron chi connectivity index (χ1n) is 9.84. The van der Waals surface area contributed by atoms with E-state index in [-0.39, 0.29) is 12.4 Å². The Morgan fingerprint density at radius 2 is 1.55 bits per heavy atom. The van der Waals surface area contributed by atoms with Crippen molar-refractivity contribution < 1.29 is 4.42 Å². The summed E-state index contributed by atoms with van der Waals surface area (Å²) in [7, 11) is 0. The number of halogens is 1. The van der Waals surface area contributed by atoms with Gasteiger partial charge in [-0.15, -0.1) is 12.4 Å². The minimum Gasteiger partial charge on any atom is -0.450 e. The number of benzene rings is 2. The molecule has 1 aliphatic heterocycles. The van der Waals surface area contributed by atoms with Gasteiger partial charge in [-0.3, -0.25) is 0 Å². The normalized spacial score (nSPS) is 14.4. The van der Waals surface area contributed by atoms with Crippen LogP contribution in [0.15, 0.2) is 46.9 Å². The van der Waals surface area contributed by atoms with Crippen LogP contribution in [0.2, 0.25) is 0 Å². The molecule has 0 radical (unpaired) electrons. The van der Waals surface area contributed by atoms with Gasteiger partial charge in [-0.25, -0.2) is 9.97 Å². The summed E-state index contributed by atoms with van der Waals surface area (Å²) in [5.41, 5.74) is 6.63. The maximum Gasteiger partial charge on any atom is 0.196 e. The topological polar surface area (TPSA) is 45.4 Å². The molecule has 0 aliphatic carbocycles. The second kappa shape index (κ2) is 7.56. The Morgan fingerprint density at radius 3 is 2.34 bits per heavy atom. The number of piperazine rings is 1. The molecule has 5 rings (SSSR count). The number of hydrogen-bond acceptors (Lipinski definition) is 5. The molecule has 6 heteroatoms. The highest BCUT2D eigenvalue weighted by molar-refractivity contribution is 6.05. The van der Waals surface area contributed by atoms with E-state index in [1.54, 1.807) is 0 Å². The molecule has 1 saturated heterocycles. The molecule has 29 heavy (non-hydrogen) atoms. The van der Waals surface area contributed by atoms with Gasteiger partial charge in [-0.1, -0.05) is 24.3 Å². The minimum absolute atomic E-state index is 0. The maximum absolute atomic E-state index is 6.16. The fourth-order valence-electron chi connectivity index (χ4n) is 4.14. The number of para-hydroxylation sites is 1. The number of rotatable bonds is 2. The van der Waals surface area contributed by atoms with Gasteiger partial charge in [0.25, 0.3) is 0 Å². The Kier molecular flexibility index (Phi) is 5.09. The number of nitrogens with zero attached hydrogens (tertiary/aromatic N) is 4. The summed E-state index contributed by atoms with van der Waals surface area (Å²) in [5, 5.41) is 1.05. The van der Waals surface area contributed by atoms with Gasteiger partial charge >= 0.3 is 0 Å². The van der Waals surface area contributed by atoms with Crippen LogP contribution in [0.25, 0.3) is 22.1 Å². The van der Waals surface area contributed by atoms with Crippen molar-refractivity contribution in [3.8, 4) is 0 Å². The van der Waals surface area contributed by atoms with Crippen molar-refractivity contribution in [3.05, 3.63) is 59.4 Å². The molecule has 2 aromatic heterocycles. The Balaban J connectivity index is 0.00000205. The van der Waals surface area contributed by atoms with Crippen molar-refractivity contribution in [2.75, 3.05) is 36.0 Å². The standard InChI is InChI=1S/C23H24N4O.ClH/c1-15-7-6-9-19(16(15)2)26-11-13-27(14-12-26)23-22-21(24-17(3)25-23)18-8-4-5-10-20(18)28-22;/h4-10H,11-14H2,1-3H3;1H. The summed E-state index contributed by atoms with van der Waals surface area (Å²) in [5.74, 6) is 1.70. The largest absolute Gasteiger partial charge is 0.450 e. The lowest BCUT2D eigenvalue weighted by Gasteiger charge is -2.37. The zero-order valence-corrected chi connectivity index (χ0v) is 17.8. The quantitative estimate of drug-likeness (QED) is 0.464. The molecule has 5 nitrogen and oxygen atoms in total. The summed E-state index contributed by atoms with van der Waals surface area (Å²) < 4.78 is 6.16. The number of hydrogen-bond donors (Lipinski definition) is 0. The number of aryl methyl sites for hydroxylation is 2. The summed E-state index contributed by atoms with van der Waals surface area (Å²) >= 11 is 0. The van der Waals surface area contributed by atoms with Gasteiger partial charge in [-0.2, -0.15) is 0 Å². The Bertz CT molecular complexity index is 1180. The van der Waals surface area contributed by atoms with Gasteiger partial charge < -0.3 is 14.2 Å². The molecule has 2 aromatic carbocycles. The first-order valence-corrected chi connectivity index (χ1v) is 9.84. The third-order valence-corrected chi connectivity index (χ3v) is 5.81. The van der Waals surface area contributed by atoms with E-state index < -0.39 is 0 Å². The molecule has 1 aliphatic rings. The molecule has 0 spiro atoms. The smallest absolute Gasteiger partial charge is 0.196 e. The minimum atomic E-state index is 0. The predicted octanol–water partition coefficient (Wildman–Crippen LogP) is 5.05. The van der Waals surface area contributed by atoms with E-state index in [1.807, 2.05) is 25.1 Å². The van der Waals surface area contributed by atoms with Crippen LogP contribution in [0, 0.1) is 20.8 Å². The first kappa shape index (κ1) is 19.5. The van der Waals surface area contributed by atoms with E-state index in [2.05, 4.69) is 52.9 Å². The van der Waals surface area contributed by atoms with Crippen molar-refractivity contribution in [2.24, 2.45) is 0 Å². The van der Waals surface area contributed by atoms with Gasteiger partial charge in [0, 0.05) is 37.3 Å². The summed E-state index contributed by atoms with van der Waals surface area (Å²) in [4.78, 5) is 14.2. The third kappa shape index (κ3) is 3.29. The van der Waals surface area contributed by atoms with Crippen LogP contribution in [-0.4, -0.2) is 36.1 Å². The van der Waals surface area contributed by atoms with Gasteiger partial charge in [0.05, 0.1) is 0 Å². The van der Waals surface area contributed by atoms with Crippen LogP contribution in [0.5, 0.6) is 0 Å². The van der Waals surface area contributed by atoms with Gasteiger partial charge in [-0.05, 0) is 50.1 Å². The van der Waals surface area contributed by atoms with Crippen molar-refractivity contribution in [1.82, 2.24) is 9.97 Å².